The lowest BCUT2D eigenvalue weighted by atomic mass is 10.1. The number of nitrogens with zero attached hydrogens (tertiary/aromatic N) is 6. The fraction of sp³-hybridized carbons (Fsp3) is 0.421. The number of aromatic nitrogens is 5. The van der Waals surface area contributed by atoms with Crippen LogP contribution in [0.1, 0.15) is 24.3 Å². The van der Waals surface area contributed by atoms with Crippen molar-refractivity contribution in [1.29, 1.82) is 0 Å². The van der Waals surface area contributed by atoms with Crippen LogP contribution in [0.5, 0.6) is 0 Å². The first-order chi connectivity index (χ1) is 13.7. The van der Waals surface area contributed by atoms with E-state index < -0.39 is 0 Å². The lowest BCUT2D eigenvalue weighted by molar-refractivity contribution is -0.131. The van der Waals surface area contributed by atoms with Gasteiger partial charge in [-0.2, -0.15) is 15.1 Å². The number of carbonyl (C=O) groups is 1. The SMILES string of the molecule is Cc1ccc(-c2noc(CCCC(=O)N3CCN(c4ncn[nH]4)CC3)n2)cc1. The summed E-state index contributed by atoms with van der Waals surface area (Å²) >= 11 is 0. The molecule has 0 atom stereocenters. The van der Waals surface area contributed by atoms with Gasteiger partial charge in [0.25, 0.3) is 0 Å². The van der Waals surface area contributed by atoms with Crippen molar-refractivity contribution < 1.29 is 9.32 Å². The number of aryl methyl sites for hydroxylation is 2. The molecular weight excluding hydrogens is 358 g/mol. The molecule has 0 unspecified atom stereocenters. The van der Waals surface area contributed by atoms with Crippen LogP contribution in [0, 0.1) is 6.92 Å². The summed E-state index contributed by atoms with van der Waals surface area (Å²) in [6.45, 7) is 4.93. The monoisotopic (exact) mass is 381 g/mol. The smallest absolute Gasteiger partial charge is 0.226 e. The van der Waals surface area contributed by atoms with E-state index in [-0.39, 0.29) is 5.91 Å². The number of hydrogen-bond donors (Lipinski definition) is 1. The summed E-state index contributed by atoms with van der Waals surface area (Å²) in [5, 5.41) is 10.8. The van der Waals surface area contributed by atoms with Gasteiger partial charge in [-0.25, -0.2) is 5.10 Å². The van der Waals surface area contributed by atoms with Crippen molar-refractivity contribution in [3.05, 3.63) is 42.0 Å². The molecule has 0 aliphatic carbocycles. The Labute approximate surface area is 162 Å². The van der Waals surface area contributed by atoms with Crippen LogP contribution in [0.25, 0.3) is 11.4 Å². The molecule has 1 aliphatic heterocycles. The summed E-state index contributed by atoms with van der Waals surface area (Å²) in [6, 6.07) is 8.00. The molecular formula is C19H23N7O2. The van der Waals surface area contributed by atoms with Gasteiger partial charge in [0.1, 0.15) is 6.33 Å². The Kier molecular flexibility index (Phi) is 5.31. The lowest BCUT2D eigenvalue weighted by Gasteiger charge is -2.34. The lowest BCUT2D eigenvalue weighted by Crippen LogP contribution is -2.49. The topological polar surface area (TPSA) is 104 Å². The standard InChI is InChI=1S/C19H23N7O2/c1-14-5-7-15(8-6-14)18-22-16(28-24-18)3-2-4-17(27)25-9-11-26(12-10-25)19-20-13-21-23-19/h5-8,13H,2-4,9-12H2,1H3,(H,20,21,23). The Morgan fingerprint density at radius 2 is 1.96 bits per heavy atom. The molecule has 28 heavy (non-hydrogen) atoms. The number of benzene rings is 1. The quantitative estimate of drug-likeness (QED) is 0.695. The number of anilines is 1. The molecule has 0 saturated carbocycles. The molecule has 0 bridgehead atoms. The third-order valence-electron chi connectivity index (χ3n) is 4.89. The first-order valence-corrected chi connectivity index (χ1v) is 9.47. The van der Waals surface area contributed by atoms with Crippen molar-refractivity contribution in [2.24, 2.45) is 0 Å². The number of amides is 1. The van der Waals surface area contributed by atoms with E-state index in [1.54, 1.807) is 0 Å². The zero-order valence-corrected chi connectivity index (χ0v) is 15.8. The molecule has 3 heterocycles. The van der Waals surface area contributed by atoms with Crippen LogP contribution in [0.4, 0.5) is 5.95 Å². The Morgan fingerprint density at radius 3 is 2.68 bits per heavy atom. The predicted octanol–water partition coefficient (Wildman–Crippen LogP) is 1.83. The fourth-order valence-corrected chi connectivity index (χ4v) is 3.24. The molecule has 1 saturated heterocycles. The highest BCUT2D eigenvalue weighted by molar-refractivity contribution is 5.76. The first-order valence-electron chi connectivity index (χ1n) is 9.47. The summed E-state index contributed by atoms with van der Waals surface area (Å²) in [6.07, 6.45) is 3.26. The van der Waals surface area contributed by atoms with Crippen molar-refractivity contribution in [2.45, 2.75) is 26.2 Å². The fourth-order valence-electron chi connectivity index (χ4n) is 3.24. The number of hydrogen-bond acceptors (Lipinski definition) is 7. The maximum atomic E-state index is 12.4. The zero-order chi connectivity index (χ0) is 19.3. The second-order valence-corrected chi connectivity index (χ2v) is 6.91. The second-order valence-electron chi connectivity index (χ2n) is 6.91. The normalized spacial score (nSPS) is 14.5. The van der Waals surface area contributed by atoms with Crippen molar-refractivity contribution in [3.63, 3.8) is 0 Å². The van der Waals surface area contributed by atoms with Crippen LogP contribution in [0.3, 0.4) is 0 Å². The molecule has 1 amide bonds. The van der Waals surface area contributed by atoms with Gasteiger partial charge in [-0.15, -0.1) is 0 Å². The highest BCUT2D eigenvalue weighted by atomic mass is 16.5. The molecule has 0 spiro atoms. The number of rotatable bonds is 6. The molecule has 3 aromatic rings. The summed E-state index contributed by atoms with van der Waals surface area (Å²) in [7, 11) is 0. The van der Waals surface area contributed by atoms with E-state index in [0.29, 0.717) is 44.1 Å². The van der Waals surface area contributed by atoms with Crippen LogP contribution >= 0.6 is 0 Å². The van der Waals surface area contributed by atoms with Gasteiger partial charge in [0.05, 0.1) is 0 Å². The van der Waals surface area contributed by atoms with Gasteiger partial charge in [-0.3, -0.25) is 4.79 Å². The molecule has 1 aliphatic rings. The van der Waals surface area contributed by atoms with Crippen LogP contribution in [-0.4, -0.2) is 62.3 Å². The molecule has 4 rings (SSSR count). The minimum absolute atomic E-state index is 0.162. The average molecular weight is 381 g/mol. The van der Waals surface area contributed by atoms with E-state index in [0.717, 1.165) is 24.6 Å². The van der Waals surface area contributed by atoms with Gasteiger partial charge in [0.2, 0.25) is 23.6 Å². The number of carbonyl (C=O) groups excluding carboxylic acids is 1. The van der Waals surface area contributed by atoms with E-state index in [9.17, 15) is 4.79 Å². The summed E-state index contributed by atoms with van der Waals surface area (Å²) in [5.41, 5.74) is 2.12. The Bertz CT molecular complexity index is 897. The van der Waals surface area contributed by atoms with E-state index in [2.05, 4.69) is 30.2 Å². The molecule has 9 nitrogen and oxygen atoms in total. The Morgan fingerprint density at radius 1 is 1.18 bits per heavy atom. The van der Waals surface area contributed by atoms with Crippen molar-refractivity contribution in [2.75, 3.05) is 31.1 Å². The van der Waals surface area contributed by atoms with Crippen molar-refractivity contribution in [3.8, 4) is 11.4 Å². The highest BCUT2D eigenvalue weighted by Gasteiger charge is 2.22. The van der Waals surface area contributed by atoms with Crippen molar-refractivity contribution in [1.82, 2.24) is 30.2 Å². The molecule has 146 valence electrons. The number of piperazine rings is 1. The molecule has 1 fully saturated rings. The van der Waals surface area contributed by atoms with Crippen LogP contribution in [0.15, 0.2) is 35.1 Å². The van der Waals surface area contributed by atoms with E-state index in [1.165, 1.54) is 11.9 Å². The molecule has 9 heteroatoms. The van der Waals surface area contributed by atoms with E-state index >= 15 is 0 Å². The van der Waals surface area contributed by atoms with Gasteiger partial charge in [-0.05, 0) is 13.3 Å². The van der Waals surface area contributed by atoms with Gasteiger partial charge in [0.15, 0.2) is 0 Å². The molecule has 0 radical (unpaired) electrons. The van der Waals surface area contributed by atoms with Crippen LogP contribution in [0.2, 0.25) is 0 Å². The predicted molar refractivity (Wildman–Crippen MR) is 103 cm³/mol. The third-order valence-corrected chi connectivity index (χ3v) is 4.89. The van der Waals surface area contributed by atoms with E-state index in [1.807, 2.05) is 36.1 Å². The minimum Gasteiger partial charge on any atom is -0.339 e. The Hall–Kier alpha value is -3.23. The van der Waals surface area contributed by atoms with Gasteiger partial charge in [0, 0.05) is 44.6 Å². The molecule has 1 N–H and O–H groups in total. The van der Waals surface area contributed by atoms with Gasteiger partial charge >= 0.3 is 0 Å². The third kappa shape index (κ3) is 4.19. The molecule has 2 aromatic heterocycles. The van der Waals surface area contributed by atoms with Crippen LogP contribution < -0.4 is 4.90 Å². The maximum Gasteiger partial charge on any atom is 0.226 e. The zero-order valence-electron chi connectivity index (χ0n) is 15.8. The van der Waals surface area contributed by atoms with E-state index in [4.69, 9.17) is 4.52 Å². The van der Waals surface area contributed by atoms with Crippen LogP contribution in [-0.2, 0) is 11.2 Å². The largest absolute Gasteiger partial charge is 0.339 e. The Balaban J connectivity index is 1.22. The second kappa shape index (κ2) is 8.20. The first kappa shape index (κ1) is 18.1. The number of H-pyrrole nitrogens is 1. The number of aromatic amines is 1. The number of nitrogens with one attached hydrogen (secondary N) is 1. The average Bonchev–Trinajstić information content (AvgIpc) is 3.41. The van der Waals surface area contributed by atoms with Crippen molar-refractivity contribution >= 4 is 11.9 Å². The maximum absolute atomic E-state index is 12.4. The highest BCUT2D eigenvalue weighted by Crippen LogP contribution is 2.17. The summed E-state index contributed by atoms with van der Waals surface area (Å²) in [5.74, 6) is 2.08. The van der Waals surface area contributed by atoms with Gasteiger partial charge < -0.3 is 14.3 Å². The minimum atomic E-state index is 0.162. The van der Waals surface area contributed by atoms with Gasteiger partial charge in [-0.1, -0.05) is 35.0 Å². The summed E-state index contributed by atoms with van der Waals surface area (Å²) in [4.78, 5) is 25.0. The molecule has 1 aromatic carbocycles. The summed E-state index contributed by atoms with van der Waals surface area (Å²) < 4.78 is 5.32.